The lowest BCUT2D eigenvalue weighted by Crippen LogP contribution is -2.40. The highest BCUT2D eigenvalue weighted by Crippen LogP contribution is 2.26. The molecule has 0 aliphatic rings. The van der Waals surface area contributed by atoms with Gasteiger partial charge in [-0.05, 0) is 25.3 Å². The zero-order valence-corrected chi connectivity index (χ0v) is 14.2. The second-order valence-corrected chi connectivity index (χ2v) is 6.32. The van der Waals surface area contributed by atoms with Crippen LogP contribution in [0.5, 0.6) is 0 Å². The summed E-state index contributed by atoms with van der Waals surface area (Å²) in [5.74, 6) is 0.686. The third-order valence-electron chi connectivity index (χ3n) is 3.68. The number of ketones is 1. The Balaban J connectivity index is 2.05. The van der Waals surface area contributed by atoms with E-state index >= 15 is 0 Å². The molecule has 0 saturated carbocycles. The third-order valence-corrected chi connectivity index (χ3v) is 4.53. The summed E-state index contributed by atoms with van der Waals surface area (Å²) in [6.45, 7) is 3.17. The van der Waals surface area contributed by atoms with Crippen LogP contribution in [0.25, 0.3) is 10.8 Å². The minimum Gasteiger partial charge on any atom is -0.440 e. The van der Waals surface area contributed by atoms with Crippen LogP contribution in [0.3, 0.4) is 0 Å². The lowest BCUT2D eigenvalue weighted by molar-refractivity contribution is 0.101. The SMILES string of the molecule is CC(=O)c1cn(Cc2nc(-c3cccs3)oc2C)c(=O)n(C)c1=O. The Kier molecular flexibility index (Phi) is 4.06. The van der Waals surface area contributed by atoms with Crippen molar-refractivity contribution in [2.45, 2.75) is 20.4 Å². The molecule has 8 heteroatoms. The minimum atomic E-state index is -0.597. The summed E-state index contributed by atoms with van der Waals surface area (Å²) in [6, 6.07) is 3.79. The van der Waals surface area contributed by atoms with Gasteiger partial charge in [0.1, 0.15) is 11.5 Å². The van der Waals surface area contributed by atoms with Gasteiger partial charge < -0.3 is 4.42 Å². The molecular weight excluding hydrogens is 330 g/mol. The lowest BCUT2D eigenvalue weighted by Gasteiger charge is -2.08. The highest BCUT2D eigenvalue weighted by molar-refractivity contribution is 7.13. The maximum Gasteiger partial charge on any atom is 0.331 e. The van der Waals surface area contributed by atoms with Crippen molar-refractivity contribution in [1.29, 1.82) is 0 Å². The molecule has 0 atom stereocenters. The molecule has 3 rings (SSSR count). The van der Waals surface area contributed by atoms with E-state index in [9.17, 15) is 14.4 Å². The van der Waals surface area contributed by atoms with E-state index in [0.717, 1.165) is 9.44 Å². The Morgan fingerprint density at radius 1 is 1.38 bits per heavy atom. The number of nitrogens with zero attached hydrogens (tertiary/aromatic N) is 3. The second kappa shape index (κ2) is 6.04. The number of carbonyl (C=O) groups excluding carboxylic acids is 1. The van der Waals surface area contributed by atoms with E-state index in [-0.39, 0.29) is 17.9 Å². The number of carbonyl (C=O) groups is 1. The Morgan fingerprint density at radius 2 is 2.12 bits per heavy atom. The molecule has 3 heterocycles. The zero-order chi connectivity index (χ0) is 17.4. The van der Waals surface area contributed by atoms with Crippen molar-refractivity contribution in [1.82, 2.24) is 14.1 Å². The summed E-state index contributed by atoms with van der Waals surface area (Å²) in [5, 5.41) is 1.92. The largest absolute Gasteiger partial charge is 0.440 e. The van der Waals surface area contributed by atoms with E-state index in [1.54, 1.807) is 6.92 Å². The second-order valence-electron chi connectivity index (χ2n) is 5.37. The monoisotopic (exact) mass is 345 g/mol. The van der Waals surface area contributed by atoms with Crippen molar-refractivity contribution in [2.75, 3.05) is 0 Å². The molecule has 3 aromatic heterocycles. The summed E-state index contributed by atoms with van der Waals surface area (Å²) in [4.78, 5) is 41.1. The molecule has 3 aromatic rings. The first-order chi connectivity index (χ1) is 11.4. The minimum absolute atomic E-state index is 0.0308. The van der Waals surface area contributed by atoms with Gasteiger partial charge in [-0.2, -0.15) is 0 Å². The maximum absolute atomic E-state index is 12.3. The van der Waals surface area contributed by atoms with Crippen molar-refractivity contribution in [2.24, 2.45) is 7.05 Å². The summed E-state index contributed by atoms with van der Waals surface area (Å²) in [7, 11) is 1.35. The first-order valence-electron chi connectivity index (χ1n) is 7.20. The van der Waals surface area contributed by atoms with Gasteiger partial charge in [-0.15, -0.1) is 11.3 Å². The molecule has 0 spiro atoms. The Labute approximate surface area is 140 Å². The first kappa shape index (κ1) is 16.1. The van der Waals surface area contributed by atoms with Gasteiger partial charge in [-0.1, -0.05) is 6.07 Å². The van der Waals surface area contributed by atoms with E-state index in [1.807, 2.05) is 17.5 Å². The quantitative estimate of drug-likeness (QED) is 0.673. The van der Waals surface area contributed by atoms with Crippen molar-refractivity contribution in [3.63, 3.8) is 0 Å². The average molecular weight is 345 g/mol. The van der Waals surface area contributed by atoms with E-state index in [4.69, 9.17) is 4.42 Å². The predicted octanol–water partition coefficient (Wildman–Crippen LogP) is 1.82. The van der Waals surface area contributed by atoms with Crippen molar-refractivity contribution < 1.29 is 9.21 Å². The van der Waals surface area contributed by atoms with Gasteiger partial charge in [-0.3, -0.25) is 18.7 Å². The molecule has 0 aromatic carbocycles. The molecule has 0 radical (unpaired) electrons. The van der Waals surface area contributed by atoms with E-state index in [0.29, 0.717) is 17.3 Å². The predicted molar refractivity (Wildman–Crippen MR) is 89.6 cm³/mol. The van der Waals surface area contributed by atoms with Crippen LogP contribution in [0.4, 0.5) is 0 Å². The summed E-state index contributed by atoms with van der Waals surface area (Å²) < 4.78 is 7.87. The molecule has 7 nitrogen and oxygen atoms in total. The van der Waals surface area contributed by atoms with Gasteiger partial charge in [0, 0.05) is 13.2 Å². The van der Waals surface area contributed by atoms with Crippen LogP contribution < -0.4 is 11.2 Å². The van der Waals surface area contributed by atoms with Crippen molar-refractivity contribution >= 4 is 17.1 Å². The molecule has 0 aliphatic heterocycles. The standard InChI is InChI=1S/C16H15N3O4S/c1-9(20)11-7-19(16(22)18(3)15(11)21)8-12-10(2)23-14(17-12)13-5-4-6-24-13/h4-7H,8H2,1-3H3. The Hall–Kier alpha value is -2.74. The van der Waals surface area contributed by atoms with Crippen molar-refractivity contribution in [3.05, 3.63) is 61.6 Å². The smallest absolute Gasteiger partial charge is 0.331 e. The van der Waals surface area contributed by atoms with Crippen LogP contribution in [0.15, 0.2) is 37.7 Å². The summed E-state index contributed by atoms with van der Waals surface area (Å²) in [6.07, 6.45) is 1.28. The van der Waals surface area contributed by atoms with Gasteiger partial charge in [0.25, 0.3) is 5.56 Å². The zero-order valence-electron chi connectivity index (χ0n) is 13.4. The fourth-order valence-corrected chi connectivity index (χ4v) is 2.97. The van der Waals surface area contributed by atoms with Crippen molar-refractivity contribution in [3.8, 4) is 10.8 Å². The van der Waals surface area contributed by atoms with Crippen LogP contribution in [0.2, 0.25) is 0 Å². The van der Waals surface area contributed by atoms with Gasteiger partial charge in [0.15, 0.2) is 5.78 Å². The van der Waals surface area contributed by atoms with Crippen LogP contribution in [-0.2, 0) is 13.6 Å². The van der Waals surface area contributed by atoms with Gasteiger partial charge in [0.2, 0.25) is 5.89 Å². The lowest BCUT2D eigenvalue weighted by atomic mass is 10.2. The molecular formula is C16H15N3O4S. The first-order valence-corrected chi connectivity index (χ1v) is 8.08. The number of hydrogen-bond donors (Lipinski definition) is 0. The topological polar surface area (TPSA) is 87.1 Å². The number of Topliss-reactive ketones (excluding diaryl/α,β-unsaturated/α-hetero) is 1. The van der Waals surface area contributed by atoms with E-state index < -0.39 is 11.2 Å². The number of hydrogen-bond acceptors (Lipinski definition) is 6. The Bertz CT molecular complexity index is 1020. The fourth-order valence-electron chi connectivity index (χ4n) is 2.32. The highest BCUT2D eigenvalue weighted by Gasteiger charge is 2.16. The molecule has 0 fully saturated rings. The number of aryl methyl sites for hydroxylation is 1. The molecule has 0 saturated heterocycles. The van der Waals surface area contributed by atoms with Gasteiger partial charge in [-0.25, -0.2) is 9.78 Å². The maximum atomic E-state index is 12.3. The number of thiophene rings is 1. The van der Waals surface area contributed by atoms with Gasteiger partial charge >= 0.3 is 5.69 Å². The third kappa shape index (κ3) is 2.76. The molecule has 0 N–H and O–H groups in total. The van der Waals surface area contributed by atoms with Gasteiger partial charge in [0.05, 0.1) is 17.0 Å². The van der Waals surface area contributed by atoms with E-state index in [2.05, 4.69) is 4.98 Å². The molecule has 124 valence electrons. The molecule has 0 unspecified atom stereocenters. The number of oxazole rings is 1. The summed E-state index contributed by atoms with van der Waals surface area (Å²) >= 11 is 1.50. The summed E-state index contributed by atoms with van der Waals surface area (Å²) in [5.41, 5.74) is -0.560. The number of aromatic nitrogens is 3. The van der Waals surface area contributed by atoms with Crippen LogP contribution in [-0.4, -0.2) is 19.9 Å². The van der Waals surface area contributed by atoms with Crippen LogP contribution in [0.1, 0.15) is 28.7 Å². The molecule has 24 heavy (non-hydrogen) atoms. The normalized spacial score (nSPS) is 11.0. The number of rotatable bonds is 4. The van der Waals surface area contributed by atoms with Crippen LogP contribution >= 0.6 is 11.3 Å². The van der Waals surface area contributed by atoms with Crippen LogP contribution in [0, 0.1) is 6.92 Å². The fraction of sp³-hybridized carbons (Fsp3) is 0.250. The highest BCUT2D eigenvalue weighted by atomic mass is 32.1. The Morgan fingerprint density at radius 3 is 2.75 bits per heavy atom. The average Bonchev–Trinajstić information content (AvgIpc) is 3.17. The molecule has 0 amide bonds. The molecule has 0 aliphatic carbocycles. The van der Waals surface area contributed by atoms with E-state index in [1.165, 1.54) is 36.1 Å². The molecule has 0 bridgehead atoms.